The van der Waals surface area contributed by atoms with Gasteiger partial charge in [-0.1, -0.05) is 35.4 Å². The van der Waals surface area contributed by atoms with Crippen molar-refractivity contribution in [2.75, 3.05) is 5.33 Å². The van der Waals surface area contributed by atoms with Crippen LogP contribution < -0.4 is 0 Å². The van der Waals surface area contributed by atoms with Gasteiger partial charge in [-0.3, -0.25) is 0 Å². The molecule has 0 radical (unpaired) electrons. The fraction of sp³-hybridized carbons (Fsp3) is 0.750. The zero-order valence-corrected chi connectivity index (χ0v) is 7.65. The Balaban J connectivity index is 3.28. The van der Waals surface area contributed by atoms with E-state index in [1.165, 1.54) is 12.8 Å². The van der Waals surface area contributed by atoms with E-state index >= 15 is 0 Å². The van der Waals surface area contributed by atoms with E-state index in [9.17, 15) is 0 Å². The largest absolute Gasteiger partial charge is 0.103 e. The number of alkyl halides is 1. The minimum Gasteiger partial charge on any atom is -0.103 e. The molecule has 0 amide bonds. The third-order valence-corrected chi connectivity index (χ3v) is 2.33. The predicted molar refractivity (Wildman–Crippen MR) is 47.0 cm³/mol. The molecule has 0 aliphatic carbocycles. The van der Waals surface area contributed by atoms with Crippen LogP contribution in [-0.2, 0) is 0 Å². The summed E-state index contributed by atoms with van der Waals surface area (Å²) in [5, 5.41) is 1.12. The average molecular weight is 191 g/mol. The Morgan fingerprint density at radius 1 is 1.67 bits per heavy atom. The van der Waals surface area contributed by atoms with Gasteiger partial charge in [-0.25, -0.2) is 0 Å². The van der Waals surface area contributed by atoms with Crippen molar-refractivity contribution < 1.29 is 0 Å². The predicted octanol–water partition coefficient (Wildman–Crippen LogP) is 3.37. The highest BCUT2D eigenvalue weighted by molar-refractivity contribution is 9.09. The number of hydrogen-bond donors (Lipinski definition) is 0. The highest BCUT2D eigenvalue weighted by atomic mass is 79.9. The van der Waals surface area contributed by atoms with Gasteiger partial charge >= 0.3 is 0 Å². The molecule has 0 bridgehead atoms. The van der Waals surface area contributed by atoms with Crippen LogP contribution in [0.15, 0.2) is 12.7 Å². The molecule has 0 aromatic carbocycles. The second kappa shape index (κ2) is 6.34. The lowest BCUT2D eigenvalue weighted by Gasteiger charge is -2.07. The molecule has 0 fully saturated rings. The number of halogens is 1. The van der Waals surface area contributed by atoms with Crippen molar-refractivity contribution in [1.82, 2.24) is 0 Å². The monoisotopic (exact) mass is 190 g/mol. The summed E-state index contributed by atoms with van der Waals surface area (Å²) < 4.78 is 0. The second-order valence-corrected chi connectivity index (χ2v) is 2.98. The Morgan fingerprint density at radius 3 is 2.67 bits per heavy atom. The topological polar surface area (TPSA) is 0 Å². The van der Waals surface area contributed by atoms with E-state index in [1.807, 2.05) is 6.08 Å². The number of allylic oxidation sites excluding steroid dienone is 1. The van der Waals surface area contributed by atoms with Gasteiger partial charge in [0.15, 0.2) is 0 Å². The van der Waals surface area contributed by atoms with Gasteiger partial charge in [0.25, 0.3) is 0 Å². The standard InChI is InChI=1S/C8H15Br/c1-3-5-8(7-9)6-4-2/h3,8H,1,4-7H2,2H3. The van der Waals surface area contributed by atoms with E-state index in [-0.39, 0.29) is 0 Å². The van der Waals surface area contributed by atoms with Crippen LogP contribution in [-0.4, -0.2) is 5.33 Å². The van der Waals surface area contributed by atoms with Crippen LogP contribution in [0, 0.1) is 5.92 Å². The molecule has 0 aliphatic heterocycles. The Bertz CT molecular complexity index is 69.0. The maximum absolute atomic E-state index is 3.71. The highest BCUT2D eigenvalue weighted by Crippen LogP contribution is 2.13. The maximum atomic E-state index is 3.71. The van der Waals surface area contributed by atoms with Crippen molar-refractivity contribution in [3.63, 3.8) is 0 Å². The Kier molecular flexibility index (Phi) is 6.50. The van der Waals surface area contributed by atoms with Crippen molar-refractivity contribution in [3.05, 3.63) is 12.7 Å². The van der Waals surface area contributed by atoms with E-state index in [1.54, 1.807) is 0 Å². The molecule has 54 valence electrons. The number of rotatable bonds is 5. The maximum Gasteiger partial charge on any atom is 0.00626 e. The zero-order chi connectivity index (χ0) is 7.11. The van der Waals surface area contributed by atoms with Gasteiger partial charge in [0.05, 0.1) is 0 Å². The molecule has 1 unspecified atom stereocenters. The molecule has 0 aliphatic rings. The van der Waals surface area contributed by atoms with Crippen molar-refractivity contribution in [2.24, 2.45) is 5.92 Å². The van der Waals surface area contributed by atoms with Gasteiger partial charge in [-0.2, -0.15) is 0 Å². The molecular formula is C8H15Br. The van der Waals surface area contributed by atoms with E-state index in [0.29, 0.717) is 0 Å². The molecule has 1 atom stereocenters. The summed E-state index contributed by atoms with van der Waals surface area (Å²) in [7, 11) is 0. The summed E-state index contributed by atoms with van der Waals surface area (Å²) in [6.45, 7) is 5.93. The Hall–Kier alpha value is 0.220. The van der Waals surface area contributed by atoms with Gasteiger partial charge in [0.2, 0.25) is 0 Å². The van der Waals surface area contributed by atoms with Crippen LogP contribution in [0.1, 0.15) is 26.2 Å². The minimum atomic E-state index is 0.812. The molecule has 0 spiro atoms. The van der Waals surface area contributed by atoms with Crippen molar-refractivity contribution in [1.29, 1.82) is 0 Å². The average Bonchev–Trinajstić information content (AvgIpc) is 1.88. The van der Waals surface area contributed by atoms with Gasteiger partial charge in [-0.15, -0.1) is 6.58 Å². The molecular weight excluding hydrogens is 176 g/mol. The van der Waals surface area contributed by atoms with Crippen molar-refractivity contribution in [2.45, 2.75) is 26.2 Å². The first-order valence-corrected chi connectivity index (χ1v) is 4.64. The molecule has 0 rings (SSSR count). The summed E-state index contributed by atoms with van der Waals surface area (Å²) in [6, 6.07) is 0. The van der Waals surface area contributed by atoms with Crippen molar-refractivity contribution >= 4 is 15.9 Å². The second-order valence-electron chi connectivity index (χ2n) is 2.33. The van der Waals surface area contributed by atoms with Crippen LogP contribution in [0.25, 0.3) is 0 Å². The summed E-state index contributed by atoms with van der Waals surface area (Å²) in [5.41, 5.74) is 0. The van der Waals surface area contributed by atoms with E-state index in [4.69, 9.17) is 0 Å². The summed E-state index contributed by atoms with van der Waals surface area (Å²) in [6.07, 6.45) is 5.75. The van der Waals surface area contributed by atoms with Gasteiger partial charge < -0.3 is 0 Å². The molecule has 0 saturated carbocycles. The molecule has 0 N–H and O–H groups in total. The smallest absolute Gasteiger partial charge is 0.00626 e. The summed E-state index contributed by atoms with van der Waals surface area (Å²) in [5.74, 6) is 0.812. The molecule has 0 nitrogen and oxygen atoms in total. The fourth-order valence-electron chi connectivity index (χ4n) is 0.902. The van der Waals surface area contributed by atoms with Crippen LogP contribution in [0.5, 0.6) is 0 Å². The van der Waals surface area contributed by atoms with Crippen molar-refractivity contribution in [3.8, 4) is 0 Å². The first kappa shape index (κ1) is 9.22. The third-order valence-electron chi connectivity index (χ3n) is 1.42. The Labute approximate surface area is 66.5 Å². The lowest BCUT2D eigenvalue weighted by Crippen LogP contribution is -1.98. The summed E-state index contributed by atoms with van der Waals surface area (Å²) in [4.78, 5) is 0. The molecule has 0 aromatic rings. The number of hydrogen-bond acceptors (Lipinski definition) is 0. The lowest BCUT2D eigenvalue weighted by molar-refractivity contribution is 0.544. The third kappa shape index (κ3) is 4.71. The fourth-order valence-corrected chi connectivity index (χ4v) is 1.49. The van der Waals surface area contributed by atoms with E-state index < -0.39 is 0 Å². The highest BCUT2D eigenvalue weighted by Gasteiger charge is 2.01. The summed E-state index contributed by atoms with van der Waals surface area (Å²) >= 11 is 3.47. The van der Waals surface area contributed by atoms with Crippen LogP contribution in [0.4, 0.5) is 0 Å². The molecule has 1 heteroatoms. The Morgan fingerprint density at radius 2 is 2.33 bits per heavy atom. The van der Waals surface area contributed by atoms with E-state index in [2.05, 4.69) is 29.4 Å². The molecule has 0 aromatic heterocycles. The molecule has 0 heterocycles. The normalized spacial score (nSPS) is 13.1. The van der Waals surface area contributed by atoms with Crippen LogP contribution >= 0.6 is 15.9 Å². The molecule has 9 heavy (non-hydrogen) atoms. The molecule has 0 saturated heterocycles. The van der Waals surface area contributed by atoms with Gasteiger partial charge in [0, 0.05) is 5.33 Å². The SMILES string of the molecule is C=CCC(CBr)CCC. The first-order chi connectivity index (χ1) is 4.35. The van der Waals surface area contributed by atoms with Crippen LogP contribution in [0.2, 0.25) is 0 Å². The van der Waals surface area contributed by atoms with Gasteiger partial charge in [0.1, 0.15) is 0 Å². The van der Waals surface area contributed by atoms with Gasteiger partial charge in [-0.05, 0) is 18.8 Å². The quantitative estimate of drug-likeness (QED) is 0.461. The zero-order valence-electron chi connectivity index (χ0n) is 6.07. The van der Waals surface area contributed by atoms with Crippen LogP contribution in [0.3, 0.4) is 0 Å². The lowest BCUT2D eigenvalue weighted by atomic mass is 10.0. The first-order valence-electron chi connectivity index (χ1n) is 3.52. The minimum absolute atomic E-state index is 0.812. The van der Waals surface area contributed by atoms with E-state index in [0.717, 1.165) is 17.7 Å².